The van der Waals surface area contributed by atoms with Crippen LogP contribution in [0, 0.1) is 0 Å². The molecule has 290 valence electrons. The molecule has 0 spiro atoms. The summed E-state index contributed by atoms with van der Waals surface area (Å²) in [5.74, 6) is 0.680. The Kier molecular flexibility index (Phi) is 8.46. The highest BCUT2D eigenvalue weighted by Crippen LogP contribution is 2.42. The fourth-order valence-corrected chi connectivity index (χ4v) is 9.25. The quantitative estimate of drug-likeness (QED) is 0.161. The summed E-state index contributed by atoms with van der Waals surface area (Å²) in [4.78, 5) is 10.5. The molecular weight excluding hydrogens is 753 g/mol. The Labute approximate surface area is 359 Å². The molecule has 0 unspecified atom stereocenters. The van der Waals surface area contributed by atoms with Crippen molar-refractivity contribution in [2.24, 2.45) is 0 Å². The van der Waals surface area contributed by atoms with Crippen molar-refractivity contribution in [3.8, 4) is 67.5 Å². The van der Waals surface area contributed by atoms with Crippen molar-refractivity contribution < 1.29 is 0 Å². The Morgan fingerprint density at radius 2 is 0.758 bits per heavy atom. The van der Waals surface area contributed by atoms with Crippen molar-refractivity contribution in [3.05, 3.63) is 231 Å². The molecule has 4 heteroatoms. The number of aromatic nitrogens is 4. The highest BCUT2D eigenvalue weighted by Gasteiger charge is 2.20. The number of rotatable bonds is 7. The Morgan fingerprint density at radius 3 is 1.47 bits per heavy atom. The van der Waals surface area contributed by atoms with Gasteiger partial charge in [0.15, 0.2) is 5.82 Å². The van der Waals surface area contributed by atoms with Crippen molar-refractivity contribution in [1.82, 2.24) is 19.1 Å². The predicted molar refractivity (Wildman–Crippen MR) is 258 cm³/mol. The van der Waals surface area contributed by atoms with Gasteiger partial charge >= 0.3 is 0 Å². The SMILES string of the molecule is c1ccc(-c2cccc(-c3cc(-c4ccccc4)nc(-c4cccc(-c5ccccc5-n5c6ccccc6c6cc7c(cc65)c5ccccc5n7-c5ccccc5)c4)n3)c2)cc1. The van der Waals surface area contributed by atoms with E-state index in [1.54, 1.807) is 0 Å². The molecule has 3 aromatic heterocycles. The smallest absolute Gasteiger partial charge is 0.160 e. The molecule has 12 rings (SSSR count). The van der Waals surface area contributed by atoms with Gasteiger partial charge in [0.05, 0.1) is 39.1 Å². The lowest BCUT2D eigenvalue weighted by atomic mass is 9.99. The van der Waals surface area contributed by atoms with Crippen molar-refractivity contribution in [1.29, 1.82) is 0 Å². The highest BCUT2D eigenvalue weighted by molar-refractivity contribution is 6.19. The zero-order valence-electron chi connectivity index (χ0n) is 33.7. The Hall–Kier alpha value is -8.34. The molecular formula is C58H38N4. The lowest BCUT2D eigenvalue weighted by Gasteiger charge is -2.15. The molecule has 0 amide bonds. The summed E-state index contributed by atoms with van der Waals surface area (Å²) in [5, 5.41) is 4.88. The molecule has 0 aliphatic carbocycles. The van der Waals surface area contributed by atoms with Crippen molar-refractivity contribution in [2.45, 2.75) is 0 Å². The molecule has 12 aromatic rings. The number of hydrogen-bond acceptors (Lipinski definition) is 2. The molecule has 9 aromatic carbocycles. The molecule has 3 heterocycles. The van der Waals surface area contributed by atoms with Crippen LogP contribution in [-0.4, -0.2) is 19.1 Å². The van der Waals surface area contributed by atoms with E-state index in [1.165, 1.54) is 43.7 Å². The zero-order valence-corrected chi connectivity index (χ0v) is 33.7. The van der Waals surface area contributed by atoms with Gasteiger partial charge < -0.3 is 9.13 Å². The van der Waals surface area contributed by atoms with Crippen molar-refractivity contribution >= 4 is 43.6 Å². The highest BCUT2D eigenvalue weighted by atomic mass is 15.0. The molecule has 0 N–H and O–H groups in total. The molecule has 0 bridgehead atoms. The maximum atomic E-state index is 5.28. The summed E-state index contributed by atoms with van der Waals surface area (Å²) < 4.78 is 4.85. The van der Waals surface area contributed by atoms with E-state index in [-0.39, 0.29) is 0 Å². The van der Waals surface area contributed by atoms with E-state index in [2.05, 4.69) is 234 Å². The zero-order chi connectivity index (χ0) is 41.0. The molecule has 0 saturated carbocycles. The van der Waals surface area contributed by atoms with Crippen LogP contribution in [0.5, 0.6) is 0 Å². The van der Waals surface area contributed by atoms with E-state index in [0.717, 1.165) is 61.7 Å². The maximum absolute atomic E-state index is 5.28. The van der Waals surface area contributed by atoms with E-state index < -0.39 is 0 Å². The summed E-state index contributed by atoms with van der Waals surface area (Å²) in [5.41, 5.74) is 16.3. The van der Waals surface area contributed by atoms with Gasteiger partial charge in [-0.05, 0) is 77.4 Å². The van der Waals surface area contributed by atoms with Crippen LogP contribution < -0.4 is 0 Å². The molecule has 0 aliphatic heterocycles. The minimum absolute atomic E-state index is 0.680. The topological polar surface area (TPSA) is 35.6 Å². The summed E-state index contributed by atoms with van der Waals surface area (Å²) >= 11 is 0. The molecule has 0 atom stereocenters. The van der Waals surface area contributed by atoms with Crippen molar-refractivity contribution in [2.75, 3.05) is 0 Å². The van der Waals surface area contributed by atoms with Gasteiger partial charge in [0, 0.05) is 49.5 Å². The molecule has 4 nitrogen and oxygen atoms in total. The number of benzene rings is 9. The van der Waals surface area contributed by atoms with Crippen LogP contribution in [0.15, 0.2) is 231 Å². The van der Waals surface area contributed by atoms with Gasteiger partial charge in [-0.3, -0.25) is 0 Å². The Balaban J connectivity index is 1.03. The Bertz CT molecular complexity index is 3620. The molecule has 62 heavy (non-hydrogen) atoms. The van der Waals surface area contributed by atoms with Crippen LogP contribution in [-0.2, 0) is 0 Å². The number of nitrogens with zero attached hydrogens (tertiary/aromatic N) is 4. The molecule has 0 fully saturated rings. The van der Waals surface area contributed by atoms with E-state index in [0.29, 0.717) is 5.82 Å². The van der Waals surface area contributed by atoms with Crippen LogP contribution in [0.2, 0.25) is 0 Å². The second kappa shape index (κ2) is 14.7. The summed E-state index contributed by atoms with van der Waals surface area (Å²) in [6.07, 6.45) is 0. The van der Waals surface area contributed by atoms with E-state index in [4.69, 9.17) is 9.97 Å². The van der Waals surface area contributed by atoms with Gasteiger partial charge in [-0.2, -0.15) is 0 Å². The minimum atomic E-state index is 0.680. The van der Waals surface area contributed by atoms with Gasteiger partial charge in [-0.1, -0.05) is 170 Å². The van der Waals surface area contributed by atoms with Crippen LogP contribution in [0.25, 0.3) is 111 Å². The fraction of sp³-hybridized carbons (Fsp3) is 0. The first kappa shape index (κ1) is 35.6. The standard InChI is InChI=1S/C58H38N4/c1-4-18-39(19-5-1)41-22-16-24-43(34-41)52-38-51(40-20-6-2-7-21-40)59-58(60-52)44-25-17-23-42(35-44)46-28-10-13-31-53(46)62-55-33-15-12-30-48(55)50-36-56-49(37-57(50)62)47-29-11-14-32-54(47)61(56)45-26-8-3-9-27-45/h1-38H. The first-order valence-corrected chi connectivity index (χ1v) is 21.1. The second-order valence-electron chi connectivity index (χ2n) is 15.8. The third kappa shape index (κ3) is 6.00. The number of hydrogen-bond donors (Lipinski definition) is 0. The summed E-state index contributed by atoms with van der Waals surface area (Å²) in [6.45, 7) is 0. The number of para-hydroxylation sites is 4. The van der Waals surface area contributed by atoms with Crippen LogP contribution in [0.4, 0.5) is 0 Å². The lowest BCUT2D eigenvalue weighted by molar-refractivity contribution is 1.17. The monoisotopic (exact) mass is 790 g/mol. The van der Waals surface area contributed by atoms with Gasteiger partial charge in [0.1, 0.15) is 0 Å². The van der Waals surface area contributed by atoms with Gasteiger partial charge in [0.25, 0.3) is 0 Å². The van der Waals surface area contributed by atoms with E-state index >= 15 is 0 Å². The number of fused-ring (bicyclic) bond motifs is 6. The first-order valence-electron chi connectivity index (χ1n) is 21.1. The average molecular weight is 791 g/mol. The van der Waals surface area contributed by atoms with Gasteiger partial charge in [0.2, 0.25) is 0 Å². The predicted octanol–water partition coefficient (Wildman–Crippen LogP) is 15.0. The molecule has 0 radical (unpaired) electrons. The lowest BCUT2D eigenvalue weighted by Crippen LogP contribution is -1.98. The van der Waals surface area contributed by atoms with Crippen molar-refractivity contribution in [3.63, 3.8) is 0 Å². The van der Waals surface area contributed by atoms with E-state index in [9.17, 15) is 0 Å². The second-order valence-corrected chi connectivity index (χ2v) is 15.8. The molecule has 0 aliphatic rings. The fourth-order valence-electron chi connectivity index (χ4n) is 9.25. The average Bonchev–Trinajstić information content (AvgIpc) is 3.86. The van der Waals surface area contributed by atoms with Crippen LogP contribution >= 0.6 is 0 Å². The minimum Gasteiger partial charge on any atom is -0.309 e. The largest absolute Gasteiger partial charge is 0.309 e. The normalized spacial score (nSPS) is 11.5. The third-order valence-electron chi connectivity index (χ3n) is 12.1. The summed E-state index contributed by atoms with van der Waals surface area (Å²) in [7, 11) is 0. The first-order chi connectivity index (χ1) is 30.7. The van der Waals surface area contributed by atoms with Gasteiger partial charge in [-0.15, -0.1) is 0 Å². The van der Waals surface area contributed by atoms with Crippen LogP contribution in [0.1, 0.15) is 0 Å². The Morgan fingerprint density at radius 1 is 0.274 bits per heavy atom. The third-order valence-corrected chi connectivity index (χ3v) is 12.1. The van der Waals surface area contributed by atoms with E-state index in [1.807, 2.05) is 6.07 Å². The van der Waals surface area contributed by atoms with Crippen LogP contribution in [0.3, 0.4) is 0 Å². The molecule has 0 saturated heterocycles. The van der Waals surface area contributed by atoms with Gasteiger partial charge in [-0.25, -0.2) is 9.97 Å². The maximum Gasteiger partial charge on any atom is 0.160 e. The summed E-state index contributed by atoms with van der Waals surface area (Å²) in [6, 6.07) is 82.1.